The van der Waals surface area contributed by atoms with Gasteiger partial charge in [0.15, 0.2) is 0 Å². The minimum Gasteiger partial charge on any atom is -0.495 e. The highest BCUT2D eigenvalue weighted by Crippen LogP contribution is 2.29. The molecule has 1 amide bonds. The second-order valence-electron chi connectivity index (χ2n) is 5.81. The molecule has 1 aliphatic heterocycles. The van der Waals surface area contributed by atoms with Crippen LogP contribution in [0, 0.1) is 0 Å². The van der Waals surface area contributed by atoms with Crippen LogP contribution in [0.15, 0.2) is 41.1 Å². The molecule has 1 fully saturated rings. The Morgan fingerprint density at radius 3 is 2.78 bits per heavy atom. The summed E-state index contributed by atoms with van der Waals surface area (Å²) in [4.78, 5) is 14.4. The highest BCUT2D eigenvalue weighted by Gasteiger charge is 2.22. The Kier molecular flexibility index (Phi) is 5.18. The molecule has 1 aromatic heterocycles. The summed E-state index contributed by atoms with van der Waals surface area (Å²) in [6.45, 7) is 1.87. The van der Waals surface area contributed by atoms with Crippen LogP contribution in [-0.2, 0) is 11.2 Å². The van der Waals surface area contributed by atoms with Crippen LogP contribution in [-0.4, -0.2) is 32.1 Å². The molecule has 4 nitrogen and oxygen atoms in total. The summed E-state index contributed by atoms with van der Waals surface area (Å²) < 4.78 is 5.44. The van der Waals surface area contributed by atoms with Gasteiger partial charge in [0.2, 0.25) is 5.91 Å². The topological polar surface area (TPSA) is 41.6 Å². The maximum atomic E-state index is 12.1. The fourth-order valence-electron chi connectivity index (χ4n) is 3.01. The van der Waals surface area contributed by atoms with E-state index in [1.165, 1.54) is 0 Å². The summed E-state index contributed by atoms with van der Waals surface area (Å²) in [5, 5.41) is 7.21. The van der Waals surface area contributed by atoms with E-state index in [1.54, 1.807) is 18.4 Å². The van der Waals surface area contributed by atoms with E-state index in [1.807, 2.05) is 35.0 Å². The monoisotopic (exact) mass is 330 g/mol. The predicted octanol–water partition coefficient (Wildman–Crippen LogP) is 3.08. The van der Waals surface area contributed by atoms with Gasteiger partial charge >= 0.3 is 0 Å². The molecular formula is C18H22N2O2S. The lowest BCUT2D eigenvalue weighted by atomic mass is 10.0. The van der Waals surface area contributed by atoms with Crippen LogP contribution in [0.2, 0.25) is 0 Å². The number of carbonyl (C=O) groups excluding carboxylic acids is 1. The van der Waals surface area contributed by atoms with E-state index in [2.05, 4.69) is 16.3 Å². The molecule has 1 aromatic carbocycles. The number of nitrogens with one attached hydrogen (secondary N) is 1. The molecular weight excluding hydrogens is 308 g/mol. The van der Waals surface area contributed by atoms with Gasteiger partial charge in [-0.3, -0.25) is 4.79 Å². The molecule has 0 saturated carbocycles. The molecule has 3 rings (SSSR count). The van der Waals surface area contributed by atoms with Crippen LogP contribution in [0.3, 0.4) is 0 Å². The van der Waals surface area contributed by atoms with Gasteiger partial charge in [-0.2, -0.15) is 11.3 Å². The highest BCUT2D eigenvalue weighted by atomic mass is 32.1. The quantitative estimate of drug-likeness (QED) is 0.916. The van der Waals surface area contributed by atoms with E-state index < -0.39 is 0 Å². The summed E-state index contributed by atoms with van der Waals surface area (Å²) >= 11 is 1.63. The number of methoxy groups -OCH3 is 1. The number of rotatable bonds is 5. The average Bonchev–Trinajstić information content (AvgIpc) is 3.08. The lowest BCUT2D eigenvalue weighted by Gasteiger charge is -2.34. The number of carbonyl (C=O) groups is 1. The van der Waals surface area contributed by atoms with Crippen molar-refractivity contribution in [3.8, 4) is 5.75 Å². The van der Waals surface area contributed by atoms with Crippen molar-refractivity contribution in [3.63, 3.8) is 0 Å². The molecule has 0 unspecified atom stereocenters. The zero-order valence-electron chi connectivity index (χ0n) is 13.3. The van der Waals surface area contributed by atoms with Crippen molar-refractivity contribution in [2.24, 2.45) is 0 Å². The number of nitrogens with zero attached hydrogens (tertiary/aromatic N) is 1. The molecule has 2 heterocycles. The van der Waals surface area contributed by atoms with E-state index in [0.29, 0.717) is 6.42 Å². The number of hydrogen-bond donors (Lipinski definition) is 1. The summed E-state index contributed by atoms with van der Waals surface area (Å²) in [5.74, 6) is 1.03. The maximum Gasteiger partial charge on any atom is 0.224 e. The minimum atomic E-state index is 0.124. The first kappa shape index (κ1) is 15.9. The fraction of sp³-hybridized carbons (Fsp3) is 0.389. The number of thiophene rings is 1. The van der Waals surface area contributed by atoms with Gasteiger partial charge in [-0.05, 0) is 47.4 Å². The number of hydrogen-bond acceptors (Lipinski definition) is 4. The Balaban J connectivity index is 1.51. The third-order valence-corrected chi connectivity index (χ3v) is 4.96. The number of amides is 1. The normalized spacial score (nSPS) is 15.4. The number of piperidine rings is 1. The van der Waals surface area contributed by atoms with Gasteiger partial charge in [0, 0.05) is 19.1 Å². The van der Waals surface area contributed by atoms with E-state index in [9.17, 15) is 4.79 Å². The lowest BCUT2D eigenvalue weighted by molar-refractivity contribution is -0.121. The second-order valence-corrected chi connectivity index (χ2v) is 6.59. The van der Waals surface area contributed by atoms with Gasteiger partial charge in [0.25, 0.3) is 0 Å². The molecule has 122 valence electrons. The molecule has 1 N–H and O–H groups in total. The third kappa shape index (κ3) is 4.05. The fourth-order valence-corrected chi connectivity index (χ4v) is 3.68. The lowest BCUT2D eigenvalue weighted by Crippen LogP contribution is -2.45. The molecule has 0 radical (unpaired) electrons. The van der Waals surface area contributed by atoms with E-state index >= 15 is 0 Å². The van der Waals surface area contributed by atoms with Crippen LogP contribution in [0.4, 0.5) is 5.69 Å². The molecule has 1 saturated heterocycles. The maximum absolute atomic E-state index is 12.1. The Morgan fingerprint density at radius 2 is 2.09 bits per heavy atom. The third-order valence-electron chi connectivity index (χ3n) is 4.23. The SMILES string of the molecule is COc1ccccc1N1CCC(NC(=O)Cc2ccsc2)CC1. The molecule has 0 bridgehead atoms. The van der Waals surface area contributed by atoms with E-state index in [4.69, 9.17) is 4.74 Å². The molecule has 0 aliphatic carbocycles. The molecule has 5 heteroatoms. The molecule has 0 spiro atoms. The molecule has 1 aliphatic rings. The van der Waals surface area contributed by atoms with Crippen molar-refractivity contribution >= 4 is 22.9 Å². The van der Waals surface area contributed by atoms with Crippen LogP contribution in [0.25, 0.3) is 0 Å². The van der Waals surface area contributed by atoms with Crippen LogP contribution in [0.5, 0.6) is 5.75 Å². The number of anilines is 1. The van der Waals surface area contributed by atoms with E-state index in [-0.39, 0.29) is 11.9 Å². The van der Waals surface area contributed by atoms with Gasteiger partial charge < -0.3 is 15.0 Å². The predicted molar refractivity (Wildman–Crippen MR) is 94.4 cm³/mol. The zero-order valence-corrected chi connectivity index (χ0v) is 14.1. The second kappa shape index (κ2) is 7.51. The molecule has 0 atom stereocenters. The van der Waals surface area contributed by atoms with Gasteiger partial charge in [-0.15, -0.1) is 0 Å². The summed E-state index contributed by atoms with van der Waals surface area (Å²) in [5.41, 5.74) is 2.23. The Bertz CT molecular complexity index is 634. The largest absolute Gasteiger partial charge is 0.495 e. The zero-order chi connectivity index (χ0) is 16.1. The molecule has 2 aromatic rings. The van der Waals surface area contributed by atoms with Gasteiger partial charge in [0.05, 0.1) is 19.2 Å². The first-order chi connectivity index (χ1) is 11.3. The Labute approximate surface area is 141 Å². The summed E-state index contributed by atoms with van der Waals surface area (Å²) in [7, 11) is 1.70. The van der Waals surface area contributed by atoms with Crippen molar-refractivity contribution in [1.29, 1.82) is 0 Å². The van der Waals surface area contributed by atoms with Crippen molar-refractivity contribution in [1.82, 2.24) is 5.32 Å². The van der Waals surface area contributed by atoms with Gasteiger partial charge in [-0.25, -0.2) is 0 Å². The first-order valence-electron chi connectivity index (χ1n) is 7.94. The van der Waals surface area contributed by atoms with Crippen LogP contribution < -0.4 is 15.0 Å². The first-order valence-corrected chi connectivity index (χ1v) is 8.89. The van der Waals surface area contributed by atoms with Crippen LogP contribution in [0.1, 0.15) is 18.4 Å². The average molecular weight is 330 g/mol. The van der Waals surface area contributed by atoms with E-state index in [0.717, 1.165) is 42.9 Å². The number of benzene rings is 1. The smallest absolute Gasteiger partial charge is 0.224 e. The highest BCUT2D eigenvalue weighted by molar-refractivity contribution is 7.08. The molecule has 23 heavy (non-hydrogen) atoms. The van der Waals surface area contributed by atoms with Crippen molar-refractivity contribution in [2.45, 2.75) is 25.3 Å². The van der Waals surface area contributed by atoms with Crippen molar-refractivity contribution in [3.05, 3.63) is 46.7 Å². The standard InChI is InChI=1S/C18H22N2O2S/c1-22-17-5-3-2-4-16(17)20-9-6-15(7-10-20)19-18(21)12-14-8-11-23-13-14/h2-5,8,11,13,15H,6-7,9-10,12H2,1H3,(H,19,21). The van der Waals surface area contributed by atoms with Gasteiger partial charge in [0.1, 0.15) is 5.75 Å². The van der Waals surface area contributed by atoms with Gasteiger partial charge in [-0.1, -0.05) is 12.1 Å². The number of ether oxygens (including phenoxy) is 1. The van der Waals surface area contributed by atoms with Crippen LogP contribution >= 0.6 is 11.3 Å². The Hall–Kier alpha value is -2.01. The Morgan fingerprint density at radius 1 is 1.30 bits per heavy atom. The van der Waals surface area contributed by atoms with Crippen molar-refractivity contribution < 1.29 is 9.53 Å². The number of para-hydroxylation sites is 2. The minimum absolute atomic E-state index is 0.124. The van der Waals surface area contributed by atoms with Crippen molar-refractivity contribution in [2.75, 3.05) is 25.1 Å². The summed E-state index contributed by atoms with van der Waals surface area (Å²) in [6, 6.07) is 10.4. The summed E-state index contributed by atoms with van der Waals surface area (Å²) in [6.07, 6.45) is 2.41.